The van der Waals surface area contributed by atoms with Gasteiger partial charge in [-0.2, -0.15) is 0 Å². The zero-order valence-electron chi connectivity index (χ0n) is 18.2. The molecule has 2 aliphatic carbocycles. The lowest BCUT2D eigenvalue weighted by molar-refractivity contribution is -0.171. The average molecular weight is 397 g/mol. The Kier molecular flexibility index (Phi) is 8.09. The first-order chi connectivity index (χ1) is 13.3. The standard InChI is InChI=1S/C22H36O4.CH4O/c1-4-22-12-9-18(20(24)25)21(3,11-8-16-10-13-26-14-16)19(22)7-5-6-17(22)15(2)23;1-2/h16-19H,4-14H2,1-3H3,(H,24,25);2H,1H3/t16?,17-,18-,19?,21-,22-;/m0./s1. The third-order valence-electron chi connectivity index (χ3n) is 8.43. The maximum absolute atomic E-state index is 12.5. The zero-order valence-corrected chi connectivity index (χ0v) is 18.2. The number of carbonyl (C=O) groups is 2. The molecule has 5 heteroatoms. The number of aliphatic carboxylic acids is 1. The van der Waals surface area contributed by atoms with E-state index in [9.17, 15) is 14.7 Å². The van der Waals surface area contributed by atoms with Gasteiger partial charge in [0.25, 0.3) is 0 Å². The Morgan fingerprint density at radius 1 is 1.11 bits per heavy atom. The second-order valence-electron chi connectivity index (χ2n) is 9.44. The molecule has 2 unspecified atom stereocenters. The number of aliphatic hydroxyl groups is 1. The minimum atomic E-state index is -0.634. The van der Waals surface area contributed by atoms with Crippen LogP contribution in [0.15, 0.2) is 0 Å². The monoisotopic (exact) mass is 396 g/mol. The lowest BCUT2D eigenvalue weighted by Crippen LogP contribution is -2.57. The van der Waals surface area contributed by atoms with E-state index in [-0.39, 0.29) is 22.7 Å². The summed E-state index contributed by atoms with van der Waals surface area (Å²) in [5.74, 6) is 0.447. The van der Waals surface area contributed by atoms with Crippen LogP contribution >= 0.6 is 0 Å². The van der Waals surface area contributed by atoms with Crippen molar-refractivity contribution in [1.29, 1.82) is 0 Å². The van der Waals surface area contributed by atoms with Gasteiger partial charge in [0.1, 0.15) is 5.78 Å². The number of aliphatic hydroxyl groups excluding tert-OH is 1. The summed E-state index contributed by atoms with van der Waals surface area (Å²) in [7, 11) is 1.00. The first kappa shape index (κ1) is 23.3. The van der Waals surface area contributed by atoms with E-state index in [1.165, 1.54) is 0 Å². The van der Waals surface area contributed by atoms with E-state index in [1.54, 1.807) is 6.92 Å². The highest BCUT2D eigenvalue weighted by atomic mass is 16.5. The molecule has 0 aromatic heterocycles. The Morgan fingerprint density at radius 2 is 1.82 bits per heavy atom. The third kappa shape index (κ3) is 4.16. The first-order valence-electron chi connectivity index (χ1n) is 11.1. The van der Waals surface area contributed by atoms with Crippen molar-refractivity contribution in [2.75, 3.05) is 20.3 Å². The van der Waals surface area contributed by atoms with Crippen LogP contribution in [0.4, 0.5) is 0 Å². The van der Waals surface area contributed by atoms with Crippen LogP contribution in [0.3, 0.4) is 0 Å². The van der Waals surface area contributed by atoms with E-state index in [4.69, 9.17) is 9.84 Å². The van der Waals surface area contributed by atoms with Gasteiger partial charge in [-0.15, -0.1) is 0 Å². The number of hydrogen-bond acceptors (Lipinski definition) is 4. The molecule has 1 heterocycles. The van der Waals surface area contributed by atoms with Gasteiger partial charge in [-0.3, -0.25) is 9.59 Å². The predicted molar refractivity (Wildman–Crippen MR) is 109 cm³/mol. The van der Waals surface area contributed by atoms with Crippen molar-refractivity contribution in [3.8, 4) is 0 Å². The topological polar surface area (TPSA) is 83.8 Å². The highest BCUT2D eigenvalue weighted by Crippen LogP contribution is 2.65. The molecule has 1 aliphatic heterocycles. The van der Waals surface area contributed by atoms with Crippen molar-refractivity contribution in [2.45, 2.75) is 78.6 Å². The van der Waals surface area contributed by atoms with Crippen LogP contribution in [-0.2, 0) is 14.3 Å². The van der Waals surface area contributed by atoms with Crippen LogP contribution in [0.25, 0.3) is 0 Å². The van der Waals surface area contributed by atoms with Crippen LogP contribution in [0, 0.1) is 34.5 Å². The van der Waals surface area contributed by atoms with Crippen molar-refractivity contribution < 1.29 is 24.5 Å². The summed E-state index contributed by atoms with van der Waals surface area (Å²) in [6, 6.07) is 0. The van der Waals surface area contributed by atoms with Crippen LogP contribution in [0.5, 0.6) is 0 Å². The van der Waals surface area contributed by atoms with Crippen molar-refractivity contribution in [3.05, 3.63) is 0 Å². The number of carboxylic acids is 1. The van der Waals surface area contributed by atoms with E-state index in [1.807, 2.05) is 0 Å². The van der Waals surface area contributed by atoms with Crippen LogP contribution in [-0.4, -0.2) is 42.3 Å². The third-order valence-corrected chi connectivity index (χ3v) is 8.43. The number of rotatable bonds is 6. The molecule has 2 saturated carbocycles. The molecule has 3 rings (SSSR count). The van der Waals surface area contributed by atoms with Gasteiger partial charge >= 0.3 is 5.97 Å². The van der Waals surface area contributed by atoms with Gasteiger partial charge in [-0.05, 0) is 81.0 Å². The molecule has 1 saturated heterocycles. The fourth-order valence-corrected chi connectivity index (χ4v) is 7.02. The van der Waals surface area contributed by atoms with Crippen LogP contribution in [0.2, 0.25) is 0 Å². The molecule has 0 spiro atoms. The van der Waals surface area contributed by atoms with Gasteiger partial charge in [0.2, 0.25) is 0 Å². The van der Waals surface area contributed by atoms with Crippen molar-refractivity contribution in [3.63, 3.8) is 0 Å². The van der Waals surface area contributed by atoms with E-state index in [0.717, 1.165) is 78.1 Å². The molecule has 28 heavy (non-hydrogen) atoms. The summed E-state index contributed by atoms with van der Waals surface area (Å²) in [5.41, 5.74) is -0.201. The molecule has 0 amide bonds. The number of Topliss-reactive ketones (excluding diaryl/α,β-unsaturated/α-hetero) is 1. The second kappa shape index (κ2) is 9.71. The van der Waals surface area contributed by atoms with Gasteiger partial charge in [0.05, 0.1) is 5.92 Å². The Labute approximate surface area is 170 Å². The maximum atomic E-state index is 12.5. The average Bonchev–Trinajstić information content (AvgIpc) is 3.21. The van der Waals surface area contributed by atoms with Crippen molar-refractivity contribution in [2.24, 2.45) is 34.5 Å². The fourth-order valence-electron chi connectivity index (χ4n) is 7.02. The summed E-state index contributed by atoms with van der Waals surface area (Å²) in [6.45, 7) is 7.88. The number of carbonyl (C=O) groups excluding carboxylic acids is 1. The molecule has 0 bridgehead atoms. The fraction of sp³-hybridized carbons (Fsp3) is 0.913. The quantitative estimate of drug-likeness (QED) is 0.699. The van der Waals surface area contributed by atoms with Gasteiger partial charge < -0.3 is 14.9 Å². The summed E-state index contributed by atoms with van der Waals surface area (Å²) < 4.78 is 5.54. The van der Waals surface area contributed by atoms with E-state index in [0.29, 0.717) is 17.6 Å². The molecule has 162 valence electrons. The van der Waals surface area contributed by atoms with Gasteiger partial charge in [-0.1, -0.05) is 20.3 Å². The Balaban J connectivity index is 0.00000136. The largest absolute Gasteiger partial charge is 0.481 e. The highest BCUT2D eigenvalue weighted by molar-refractivity contribution is 5.79. The van der Waals surface area contributed by atoms with Crippen molar-refractivity contribution >= 4 is 11.8 Å². The molecule has 3 aliphatic rings. The van der Waals surface area contributed by atoms with Gasteiger partial charge in [0, 0.05) is 26.2 Å². The van der Waals surface area contributed by atoms with Crippen LogP contribution < -0.4 is 0 Å². The van der Waals surface area contributed by atoms with Gasteiger partial charge in [0.15, 0.2) is 0 Å². The Morgan fingerprint density at radius 3 is 2.36 bits per heavy atom. The van der Waals surface area contributed by atoms with Crippen molar-refractivity contribution in [1.82, 2.24) is 0 Å². The summed E-state index contributed by atoms with van der Waals surface area (Å²) in [5, 5.41) is 17.0. The SMILES string of the molecule is CC[C@@]12CC[C@@H](C(=O)O)[C@](C)(CCC3CCOC3)C1CCC[C@H]2C(C)=O.CO. The summed E-state index contributed by atoms with van der Waals surface area (Å²) >= 11 is 0. The molecular formula is C23H40O5. The number of hydrogen-bond donors (Lipinski definition) is 2. The molecule has 5 nitrogen and oxygen atoms in total. The van der Waals surface area contributed by atoms with E-state index in [2.05, 4.69) is 13.8 Å². The number of fused-ring (bicyclic) bond motifs is 1. The Bertz CT molecular complexity index is 541. The maximum Gasteiger partial charge on any atom is 0.307 e. The first-order valence-corrected chi connectivity index (χ1v) is 11.1. The van der Waals surface area contributed by atoms with E-state index >= 15 is 0 Å². The molecule has 3 fully saturated rings. The van der Waals surface area contributed by atoms with Gasteiger partial charge in [-0.25, -0.2) is 0 Å². The molecule has 0 radical (unpaired) electrons. The second-order valence-corrected chi connectivity index (χ2v) is 9.44. The molecular weight excluding hydrogens is 356 g/mol. The molecule has 0 aromatic carbocycles. The van der Waals surface area contributed by atoms with E-state index < -0.39 is 5.97 Å². The number of carboxylic acid groups (broad SMARTS) is 1. The normalized spacial score (nSPS) is 40.2. The molecule has 2 N–H and O–H groups in total. The number of ketones is 1. The molecule has 0 aromatic rings. The number of ether oxygens (including phenoxy) is 1. The zero-order chi connectivity index (χ0) is 20.9. The minimum Gasteiger partial charge on any atom is -0.481 e. The smallest absolute Gasteiger partial charge is 0.307 e. The highest BCUT2D eigenvalue weighted by Gasteiger charge is 2.60. The lowest BCUT2D eigenvalue weighted by Gasteiger charge is -2.61. The summed E-state index contributed by atoms with van der Waals surface area (Å²) in [6.07, 6.45) is 8.87. The molecule has 6 atom stereocenters. The predicted octanol–water partition coefficient (Wildman–Crippen LogP) is 4.31. The lowest BCUT2D eigenvalue weighted by atomic mass is 9.42. The summed E-state index contributed by atoms with van der Waals surface area (Å²) in [4.78, 5) is 24.6. The minimum absolute atomic E-state index is 0.0109. The Hall–Kier alpha value is -0.940. The van der Waals surface area contributed by atoms with Crippen LogP contribution in [0.1, 0.15) is 78.6 Å².